The fourth-order valence-electron chi connectivity index (χ4n) is 2.29. The first-order valence-electron chi connectivity index (χ1n) is 7.88. The van der Waals surface area contributed by atoms with Crippen LogP contribution in [0, 0.1) is 11.3 Å². The summed E-state index contributed by atoms with van der Waals surface area (Å²) in [6.07, 6.45) is 1.54. The lowest BCUT2D eigenvalue weighted by Crippen LogP contribution is -2.22. The molecule has 0 aliphatic heterocycles. The standard InChI is InChI=1S/C20H15N3O3/c21-12-14-3-9-17(10-4-14)23-20(25)16-7-5-15(6-8-16)19(24)22-13-18-2-1-11-26-18/h1-11H,13H2,(H,22,24)(H,23,25). The number of hydrogen-bond donors (Lipinski definition) is 2. The Morgan fingerprint density at radius 3 is 2.15 bits per heavy atom. The van der Waals surface area contributed by atoms with Gasteiger partial charge < -0.3 is 15.1 Å². The third-order valence-electron chi connectivity index (χ3n) is 3.68. The zero-order valence-corrected chi connectivity index (χ0v) is 13.7. The molecule has 0 bridgehead atoms. The summed E-state index contributed by atoms with van der Waals surface area (Å²) in [5.74, 6) is 0.120. The molecule has 3 rings (SSSR count). The van der Waals surface area contributed by atoms with Gasteiger partial charge in [0.2, 0.25) is 0 Å². The topological polar surface area (TPSA) is 95.1 Å². The molecule has 0 fully saturated rings. The Labute approximate surface area is 150 Å². The molecule has 0 unspecified atom stereocenters. The third kappa shape index (κ3) is 4.16. The normalized spacial score (nSPS) is 9.96. The van der Waals surface area contributed by atoms with Crippen molar-refractivity contribution in [1.29, 1.82) is 5.26 Å². The number of nitrogens with zero attached hydrogens (tertiary/aromatic N) is 1. The van der Waals surface area contributed by atoms with Crippen LogP contribution in [0.5, 0.6) is 0 Å². The summed E-state index contributed by atoms with van der Waals surface area (Å²) >= 11 is 0. The van der Waals surface area contributed by atoms with Gasteiger partial charge in [-0.15, -0.1) is 0 Å². The number of carbonyl (C=O) groups is 2. The van der Waals surface area contributed by atoms with Crippen molar-refractivity contribution in [2.75, 3.05) is 5.32 Å². The Balaban J connectivity index is 1.59. The quantitative estimate of drug-likeness (QED) is 0.741. The number of carbonyl (C=O) groups excluding carboxylic acids is 2. The van der Waals surface area contributed by atoms with Crippen LogP contribution < -0.4 is 10.6 Å². The van der Waals surface area contributed by atoms with Crippen LogP contribution in [0.4, 0.5) is 5.69 Å². The van der Waals surface area contributed by atoms with Crippen LogP contribution in [0.2, 0.25) is 0 Å². The van der Waals surface area contributed by atoms with Crippen molar-refractivity contribution in [2.24, 2.45) is 0 Å². The monoisotopic (exact) mass is 345 g/mol. The first kappa shape index (κ1) is 17.0. The van der Waals surface area contributed by atoms with E-state index in [1.165, 1.54) is 0 Å². The van der Waals surface area contributed by atoms with Gasteiger partial charge in [-0.2, -0.15) is 5.26 Å². The maximum atomic E-state index is 12.2. The highest BCUT2D eigenvalue weighted by atomic mass is 16.3. The van der Waals surface area contributed by atoms with Crippen LogP contribution in [0.3, 0.4) is 0 Å². The number of hydrogen-bond acceptors (Lipinski definition) is 4. The largest absolute Gasteiger partial charge is 0.467 e. The molecule has 0 atom stereocenters. The number of benzene rings is 2. The van der Waals surface area contributed by atoms with Crippen LogP contribution in [-0.4, -0.2) is 11.8 Å². The summed E-state index contributed by atoms with van der Waals surface area (Å²) in [6.45, 7) is 0.298. The number of anilines is 1. The van der Waals surface area contributed by atoms with Crippen molar-refractivity contribution in [3.8, 4) is 6.07 Å². The van der Waals surface area contributed by atoms with Gasteiger partial charge >= 0.3 is 0 Å². The summed E-state index contributed by atoms with van der Waals surface area (Å²) in [5, 5.41) is 14.3. The fraction of sp³-hybridized carbons (Fsp3) is 0.0500. The number of furan rings is 1. The summed E-state index contributed by atoms with van der Waals surface area (Å²) in [7, 11) is 0. The van der Waals surface area contributed by atoms with E-state index < -0.39 is 0 Å². The molecule has 0 aliphatic rings. The zero-order valence-electron chi connectivity index (χ0n) is 13.7. The van der Waals surface area contributed by atoms with Crippen molar-refractivity contribution in [2.45, 2.75) is 6.54 Å². The van der Waals surface area contributed by atoms with Crippen LogP contribution in [0.25, 0.3) is 0 Å². The number of nitriles is 1. The second-order valence-electron chi connectivity index (χ2n) is 5.48. The Morgan fingerprint density at radius 2 is 1.58 bits per heavy atom. The average molecular weight is 345 g/mol. The fourth-order valence-corrected chi connectivity index (χ4v) is 2.29. The van der Waals surface area contributed by atoms with Crippen LogP contribution in [0.15, 0.2) is 71.3 Å². The Kier molecular flexibility index (Phi) is 5.11. The Bertz CT molecular complexity index is 937. The van der Waals surface area contributed by atoms with Crippen LogP contribution in [0.1, 0.15) is 32.0 Å². The summed E-state index contributed by atoms with van der Waals surface area (Å²) in [5.41, 5.74) is 1.99. The molecule has 2 aromatic carbocycles. The highest BCUT2D eigenvalue weighted by molar-refractivity contribution is 6.05. The van der Waals surface area contributed by atoms with Gasteiger partial charge in [-0.25, -0.2) is 0 Å². The number of rotatable bonds is 5. The molecule has 6 nitrogen and oxygen atoms in total. The molecule has 1 heterocycles. The van der Waals surface area contributed by atoms with E-state index >= 15 is 0 Å². The minimum atomic E-state index is -0.294. The molecule has 0 saturated heterocycles. The summed E-state index contributed by atoms with van der Waals surface area (Å²) in [4.78, 5) is 24.3. The van der Waals surface area contributed by atoms with Crippen molar-refractivity contribution in [1.82, 2.24) is 5.32 Å². The predicted molar refractivity (Wildman–Crippen MR) is 95.4 cm³/mol. The molecule has 6 heteroatoms. The lowest BCUT2D eigenvalue weighted by Gasteiger charge is -2.07. The summed E-state index contributed by atoms with van der Waals surface area (Å²) in [6, 6.07) is 18.5. The first-order chi connectivity index (χ1) is 12.7. The Morgan fingerprint density at radius 1 is 0.923 bits per heavy atom. The average Bonchev–Trinajstić information content (AvgIpc) is 3.20. The van der Waals surface area contributed by atoms with E-state index in [0.29, 0.717) is 34.7 Å². The highest BCUT2D eigenvalue weighted by Crippen LogP contribution is 2.12. The molecule has 0 spiro atoms. The van der Waals surface area contributed by atoms with E-state index in [4.69, 9.17) is 9.68 Å². The lowest BCUT2D eigenvalue weighted by molar-refractivity contribution is 0.0946. The van der Waals surface area contributed by atoms with Gasteiger partial charge in [0.05, 0.1) is 24.4 Å². The molecule has 128 valence electrons. The van der Waals surface area contributed by atoms with Gasteiger partial charge in [-0.05, 0) is 60.7 Å². The van der Waals surface area contributed by atoms with E-state index in [1.807, 2.05) is 6.07 Å². The number of amides is 2. The van der Waals surface area contributed by atoms with E-state index in [-0.39, 0.29) is 11.8 Å². The number of nitrogens with one attached hydrogen (secondary N) is 2. The maximum Gasteiger partial charge on any atom is 0.255 e. The second kappa shape index (κ2) is 7.81. The van der Waals surface area contributed by atoms with Gasteiger partial charge in [0.15, 0.2) is 0 Å². The minimum absolute atomic E-state index is 0.250. The molecule has 1 aromatic heterocycles. The van der Waals surface area contributed by atoms with Crippen LogP contribution in [-0.2, 0) is 6.54 Å². The molecular formula is C20H15N3O3. The van der Waals surface area contributed by atoms with E-state index in [9.17, 15) is 9.59 Å². The van der Waals surface area contributed by atoms with Crippen LogP contribution >= 0.6 is 0 Å². The van der Waals surface area contributed by atoms with Crippen molar-refractivity contribution >= 4 is 17.5 Å². The molecule has 2 amide bonds. The lowest BCUT2D eigenvalue weighted by atomic mass is 10.1. The van der Waals surface area contributed by atoms with Crippen molar-refractivity contribution in [3.63, 3.8) is 0 Å². The molecule has 0 saturated carbocycles. The van der Waals surface area contributed by atoms with Gasteiger partial charge in [0.1, 0.15) is 5.76 Å². The van der Waals surface area contributed by atoms with Crippen molar-refractivity contribution < 1.29 is 14.0 Å². The SMILES string of the molecule is N#Cc1ccc(NC(=O)c2ccc(C(=O)NCc3ccco3)cc2)cc1. The van der Waals surface area contributed by atoms with E-state index in [2.05, 4.69) is 10.6 Å². The Hall–Kier alpha value is -3.85. The van der Waals surface area contributed by atoms with Crippen molar-refractivity contribution in [3.05, 3.63) is 89.4 Å². The molecular weight excluding hydrogens is 330 g/mol. The van der Waals surface area contributed by atoms with E-state index in [0.717, 1.165) is 0 Å². The van der Waals surface area contributed by atoms with Gasteiger partial charge in [0, 0.05) is 16.8 Å². The minimum Gasteiger partial charge on any atom is -0.467 e. The zero-order chi connectivity index (χ0) is 18.4. The molecule has 0 aliphatic carbocycles. The maximum absolute atomic E-state index is 12.2. The predicted octanol–water partition coefficient (Wildman–Crippen LogP) is 3.33. The molecule has 2 N–H and O–H groups in total. The smallest absolute Gasteiger partial charge is 0.255 e. The highest BCUT2D eigenvalue weighted by Gasteiger charge is 2.10. The van der Waals surface area contributed by atoms with Gasteiger partial charge in [-0.3, -0.25) is 9.59 Å². The van der Waals surface area contributed by atoms with E-state index in [1.54, 1.807) is 66.9 Å². The third-order valence-corrected chi connectivity index (χ3v) is 3.68. The molecule has 26 heavy (non-hydrogen) atoms. The first-order valence-corrected chi connectivity index (χ1v) is 7.88. The molecule has 3 aromatic rings. The van der Waals surface area contributed by atoms with Gasteiger partial charge in [-0.1, -0.05) is 0 Å². The van der Waals surface area contributed by atoms with Gasteiger partial charge in [0.25, 0.3) is 11.8 Å². The molecule has 0 radical (unpaired) electrons. The second-order valence-corrected chi connectivity index (χ2v) is 5.48. The summed E-state index contributed by atoms with van der Waals surface area (Å²) < 4.78 is 5.16.